The summed E-state index contributed by atoms with van der Waals surface area (Å²) in [6.07, 6.45) is 1.61. The first kappa shape index (κ1) is 11.5. The molecule has 1 unspecified atom stereocenters. The van der Waals surface area contributed by atoms with Gasteiger partial charge < -0.3 is 4.74 Å². The molecule has 2 aromatic heterocycles. The zero-order chi connectivity index (χ0) is 14.0. The first-order valence-corrected chi connectivity index (χ1v) is 6.40. The molecule has 3 heterocycles. The molecule has 6 heteroatoms. The van der Waals surface area contributed by atoms with Crippen molar-refractivity contribution in [2.75, 3.05) is 6.61 Å². The average molecular weight is 273 g/mol. The second-order valence-electron chi connectivity index (χ2n) is 5.16. The lowest BCUT2D eigenvalue weighted by Crippen LogP contribution is -2.27. The Morgan fingerprint density at radius 2 is 2.25 bits per heavy atom. The van der Waals surface area contributed by atoms with Crippen molar-refractivity contribution >= 4 is 21.9 Å². The average Bonchev–Trinajstić information content (AvgIpc) is 2.58. The fraction of sp³-hybridized carbons (Fsp3) is 0.286. The number of hydrogen-bond donors (Lipinski definition) is 0. The number of halogens is 1. The number of benzene rings is 1. The minimum absolute atomic E-state index is 0.109. The van der Waals surface area contributed by atoms with Crippen molar-refractivity contribution < 1.29 is 9.13 Å². The summed E-state index contributed by atoms with van der Waals surface area (Å²) in [5.41, 5.74) is 1.89. The lowest BCUT2D eigenvalue weighted by atomic mass is 10.1. The van der Waals surface area contributed by atoms with Gasteiger partial charge in [0.15, 0.2) is 0 Å². The lowest BCUT2D eigenvalue weighted by molar-refractivity contribution is 0.266. The molecule has 0 saturated heterocycles. The Kier molecular flexibility index (Phi) is 2.06. The highest BCUT2D eigenvalue weighted by Gasteiger charge is 2.24. The summed E-state index contributed by atoms with van der Waals surface area (Å²) in [4.78, 5) is 16.6. The maximum Gasteiger partial charge on any atom is 0.329 e. The van der Waals surface area contributed by atoms with Gasteiger partial charge in [0.25, 0.3) is 0 Å². The van der Waals surface area contributed by atoms with Gasteiger partial charge in [-0.2, -0.15) is 0 Å². The monoisotopic (exact) mass is 273 g/mol. The number of rotatable bonds is 0. The molecular weight excluding hydrogens is 261 g/mol. The van der Waals surface area contributed by atoms with E-state index >= 15 is 0 Å². The van der Waals surface area contributed by atoms with E-state index in [0.29, 0.717) is 23.3 Å². The summed E-state index contributed by atoms with van der Waals surface area (Å²) >= 11 is 0. The maximum absolute atomic E-state index is 13.6. The molecule has 0 bridgehead atoms. The van der Waals surface area contributed by atoms with Crippen molar-refractivity contribution in [2.45, 2.75) is 13.0 Å². The third kappa shape index (κ3) is 1.25. The fourth-order valence-electron chi connectivity index (χ4n) is 2.89. The summed E-state index contributed by atoms with van der Waals surface area (Å²) in [5.74, 6) is 0.0560. The number of imidazole rings is 1. The minimum atomic E-state index is -0.390. The Balaban J connectivity index is 2.36. The van der Waals surface area contributed by atoms with Crippen molar-refractivity contribution in [3.8, 4) is 5.75 Å². The second kappa shape index (κ2) is 3.59. The molecule has 1 aromatic carbocycles. The van der Waals surface area contributed by atoms with Crippen molar-refractivity contribution in [1.29, 1.82) is 0 Å². The predicted octanol–water partition coefficient (Wildman–Crippen LogP) is 1.98. The zero-order valence-corrected chi connectivity index (χ0v) is 11.1. The molecule has 102 valence electrons. The molecule has 0 fully saturated rings. The predicted molar refractivity (Wildman–Crippen MR) is 72.6 cm³/mol. The third-order valence-electron chi connectivity index (χ3n) is 3.87. The van der Waals surface area contributed by atoms with Gasteiger partial charge in [-0.3, -0.25) is 14.1 Å². The van der Waals surface area contributed by atoms with Gasteiger partial charge in [0, 0.05) is 19.2 Å². The number of nitrogens with zero attached hydrogens (tertiary/aromatic N) is 3. The molecule has 1 atom stereocenters. The normalized spacial score (nSPS) is 17.6. The van der Waals surface area contributed by atoms with Crippen LogP contribution in [0.4, 0.5) is 4.39 Å². The molecule has 0 spiro atoms. The molecule has 4 rings (SSSR count). The van der Waals surface area contributed by atoms with E-state index in [1.165, 1.54) is 12.1 Å². The van der Waals surface area contributed by atoms with Crippen LogP contribution >= 0.6 is 0 Å². The van der Waals surface area contributed by atoms with Gasteiger partial charge in [-0.25, -0.2) is 9.18 Å². The van der Waals surface area contributed by atoms with E-state index in [-0.39, 0.29) is 11.7 Å². The second-order valence-corrected chi connectivity index (χ2v) is 5.16. The van der Waals surface area contributed by atoms with Crippen molar-refractivity contribution in [1.82, 2.24) is 14.1 Å². The van der Waals surface area contributed by atoms with Crippen LogP contribution in [0.2, 0.25) is 0 Å². The third-order valence-corrected chi connectivity index (χ3v) is 3.87. The van der Waals surface area contributed by atoms with Crippen LogP contribution in [-0.2, 0) is 7.05 Å². The zero-order valence-electron chi connectivity index (χ0n) is 11.1. The van der Waals surface area contributed by atoms with Crippen LogP contribution < -0.4 is 10.4 Å². The van der Waals surface area contributed by atoms with Crippen LogP contribution in [0.25, 0.3) is 21.9 Å². The Labute approximate surface area is 113 Å². The fourth-order valence-corrected chi connectivity index (χ4v) is 2.89. The summed E-state index contributed by atoms with van der Waals surface area (Å²) in [6.45, 7) is 2.24. The molecule has 0 aliphatic carbocycles. The van der Waals surface area contributed by atoms with Gasteiger partial charge >= 0.3 is 5.69 Å². The SMILES string of the molecule is CC1COc2cc(F)cc3ncc4c(c23)n1c(=O)n4C. The standard InChI is InChI=1S/C14H12FN3O2/c1-7-6-20-11-4-8(15)3-9-12(11)13-10(5-16-9)17(2)14(19)18(7)13/h3-5,7H,6H2,1-2H3. The number of aromatic nitrogens is 3. The highest BCUT2D eigenvalue weighted by molar-refractivity contribution is 6.06. The van der Waals surface area contributed by atoms with E-state index in [2.05, 4.69) is 4.98 Å². The summed E-state index contributed by atoms with van der Waals surface area (Å²) in [6, 6.07) is 2.59. The molecule has 1 aliphatic heterocycles. The maximum atomic E-state index is 13.6. The summed E-state index contributed by atoms with van der Waals surface area (Å²) in [5, 5.41) is 0.700. The van der Waals surface area contributed by atoms with Crippen LogP contribution in [0.1, 0.15) is 13.0 Å². The number of pyridine rings is 1. The van der Waals surface area contributed by atoms with Crippen molar-refractivity contribution in [3.63, 3.8) is 0 Å². The van der Waals surface area contributed by atoms with E-state index in [9.17, 15) is 9.18 Å². The molecule has 20 heavy (non-hydrogen) atoms. The molecule has 0 amide bonds. The molecular formula is C14H12FN3O2. The van der Waals surface area contributed by atoms with Gasteiger partial charge in [-0.1, -0.05) is 0 Å². The largest absolute Gasteiger partial charge is 0.491 e. The first-order chi connectivity index (χ1) is 9.58. The number of aryl methyl sites for hydroxylation is 1. The summed E-state index contributed by atoms with van der Waals surface area (Å²) in [7, 11) is 1.72. The van der Waals surface area contributed by atoms with E-state index in [0.717, 1.165) is 11.0 Å². The molecule has 0 N–H and O–H groups in total. The van der Waals surface area contributed by atoms with Crippen LogP contribution in [0, 0.1) is 5.82 Å². The van der Waals surface area contributed by atoms with Gasteiger partial charge in [0.1, 0.15) is 18.2 Å². The number of ether oxygens (including phenoxy) is 1. The lowest BCUT2D eigenvalue weighted by Gasteiger charge is -2.10. The van der Waals surface area contributed by atoms with E-state index in [4.69, 9.17) is 4.74 Å². The Morgan fingerprint density at radius 3 is 3.05 bits per heavy atom. The highest BCUT2D eigenvalue weighted by atomic mass is 19.1. The van der Waals surface area contributed by atoms with E-state index in [1.807, 2.05) is 6.92 Å². The van der Waals surface area contributed by atoms with Crippen LogP contribution in [0.15, 0.2) is 23.1 Å². The Bertz CT molecular complexity index is 926. The molecule has 3 aromatic rings. The van der Waals surface area contributed by atoms with Crippen LogP contribution in [0.5, 0.6) is 5.75 Å². The summed E-state index contributed by atoms with van der Waals surface area (Å²) < 4.78 is 22.6. The van der Waals surface area contributed by atoms with Gasteiger partial charge in [-0.15, -0.1) is 0 Å². The van der Waals surface area contributed by atoms with Gasteiger partial charge in [0.05, 0.1) is 34.2 Å². The molecule has 5 nitrogen and oxygen atoms in total. The smallest absolute Gasteiger partial charge is 0.329 e. The number of hydrogen-bond acceptors (Lipinski definition) is 3. The van der Waals surface area contributed by atoms with Gasteiger partial charge in [-0.05, 0) is 6.92 Å². The minimum Gasteiger partial charge on any atom is -0.491 e. The van der Waals surface area contributed by atoms with Crippen LogP contribution in [0.3, 0.4) is 0 Å². The Hall–Kier alpha value is -2.37. The van der Waals surface area contributed by atoms with E-state index in [1.54, 1.807) is 22.4 Å². The molecule has 0 radical (unpaired) electrons. The Morgan fingerprint density at radius 1 is 1.45 bits per heavy atom. The van der Waals surface area contributed by atoms with E-state index < -0.39 is 5.82 Å². The molecule has 0 saturated carbocycles. The van der Waals surface area contributed by atoms with Crippen molar-refractivity contribution in [2.24, 2.45) is 7.05 Å². The topological polar surface area (TPSA) is 49.1 Å². The first-order valence-electron chi connectivity index (χ1n) is 6.40. The van der Waals surface area contributed by atoms with Gasteiger partial charge in [0.2, 0.25) is 0 Å². The highest BCUT2D eigenvalue weighted by Crippen LogP contribution is 2.35. The van der Waals surface area contributed by atoms with Crippen LogP contribution in [-0.4, -0.2) is 20.7 Å². The quantitative estimate of drug-likeness (QED) is 0.629. The van der Waals surface area contributed by atoms with Crippen molar-refractivity contribution in [3.05, 3.63) is 34.6 Å². The molecule has 1 aliphatic rings.